The molecule has 9 aliphatic heterocycles. The molecule has 24 heteroatoms. The second-order valence-corrected chi connectivity index (χ2v) is 38.7. The van der Waals surface area contributed by atoms with E-state index in [-0.39, 0.29) is 75.8 Å². The Morgan fingerprint density at radius 1 is 0.627 bits per heavy atom. The highest BCUT2D eigenvalue weighted by Gasteiger charge is 2.58. The lowest BCUT2D eigenvalue weighted by Crippen LogP contribution is -2.49. The highest BCUT2D eigenvalue weighted by Crippen LogP contribution is 2.64. The van der Waals surface area contributed by atoms with Gasteiger partial charge >= 0.3 is 5.97 Å². The molecule has 2 spiro atoms. The summed E-state index contributed by atoms with van der Waals surface area (Å²) in [4.78, 5) is 78.0. The largest absolute Gasteiger partial charge is 0.491 e. The van der Waals surface area contributed by atoms with Gasteiger partial charge in [0.05, 0.1) is 44.8 Å². The molecule has 2 saturated carbocycles. The summed E-state index contributed by atoms with van der Waals surface area (Å²) in [7, 11) is 1.60. The molecule has 616 valence electrons. The third kappa shape index (κ3) is 18.1. The number of cyclic esters (lactones) is 1. The van der Waals surface area contributed by atoms with Crippen molar-refractivity contribution in [1.82, 2.24) is 29.7 Å². The van der Waals surface area contributed by atoms with Crippen LogP contribution >= 0.6 is 47.0 Å². The molecule has 4 fully saturated rings. The number of ether oxygens (including phenoxy) is 7. The molecule has 3 aliphatic carbocycles. The van der Waals surface area contributed by atoms with Crippen molar-refractivity contribution in [2.45, 2.75) is 182 Å². The number of nitrogens with zero attached hydrogens (tertiary/aromatic N) is 8. The van der Waals surface area contributed by atoms with Crippen LogP contribution in [-0.2, 0) is 36.8 Å². The summed E-state index contributed by atoms with van der Waals surface area (Å²) in [5.41, 5.74) is 13.3. The second kappa shape index (κ2) is 36.9. The van der Waals surface area contributed by atoms with Crippen LogP contribution in [0.15, 0.2) is 199 Å². The molecule has 12 heterocycles. The van der Waals surface area contributed by atoms with Gasteiger partial charge in [-0.15, -0.1) is 47.0 Å². The zero-order valence-corrected chi connectivity index (χ0v) is 71.4. The number of pyridine rings is 2. The van der Waals surface area contributed by atoms with Gasteiger partial charge in [-0.05, 0) is 166 Å². The van der Waals surface area contributed by atoms with Gasteiger partial charge in [-0.2, -0.15) is 0 Å². The first kappa shape index (κ1) is 82.1. The fourth-order valence-corrected chi connectivity index (χ4v) is 25.4. The third-order valence-electron chi connectivity index (χ3n) is 23.8. The van der Waals surface area contributed by atoms with Gasteiger partial charge in [-0.1, -0.05) is 137 Å². The molecule has 2 amide bonds. The highest BCUT2D eigenvalue weighted by molar-refractivity contribution is 8.22. The van der Waals surface area contributed by atoms with Crippen molar-refractivity contribution in [1.29, 1.82) is 0 Å². The molecule has 1 N–H and O–H groups in total. The van der Waals surface area contributed by atoms with Gasteiger partial charge in [-0.25, -0.2) is 19.7 Å². The molecule has 3 atom stereocenters. The summed E-state index contributed by atoms with van der Waals surface area (Å²) in [5.74, 6) is 10.9. The van der Waals surface area contributed by atoms with Crippen molar-refractivity contribution < 1.29 is 52.3 Å². The topological polar surface area (TPSA) is 209 Å². The number of carbonyl (C=O) groups excluding carboxylic acids is 4. The molecular weight excluding hydrogens is 1560 g/mol. The zero-order valence-electron chi connectivity index (χ0n) is 68.2. The van der Waals surface area contributed by atoms with E-state index in [0.29, 0.717) is 64.7 Å². The standard InChI is InChI=1S/C21H22N2O3.C21H23NO4.C21H25NOS2.C18H19NO2S2.C13H16N4O/c24-21(12-10-16-9-11-18-19(14-16)26-15-25-18)23(17-6-2-1-3-7-17)20-8-4-5-13-22-20;23-21(14-24-18-11-12-19-20(13-18)26-15-25-19)22(16-7-3-1-4-8-16)17-9-5-2-6-10-17;1-20(2)11-17-19(18(23)13-20)21(24-9-10-25-21)12-16-15-6-4-3-5-14(15)7-8-22(16)17;1-11-16-15(17(20)21-11)18(22-8-9-23-18)10-14-13-5-3-2-4-12(13)6-7-19(14)16;1-9(2)16-13-11(18-3)8-15-12(17-13)10-6-4-5-7-14-10/h4-5,8-14,17H,1-3,6-7,15H2;1,3-4,7-8,11-13,17H,2,5-6,9-10,14-15H2;3-6,16H,7-13H2,1-2H3;2-5,11,14H,6-10H2,1H3;4-9H,1-3H3,(H,15,16,17)/b12-10+;;;;. The van der Waals surface area contributed by atoms with Crippen molar-refractivity contribution in [3.05, 3.63) is 227 Å². The minimum absolute atomic E-state index is 0.00500. The highest BCUT2D eigenvalue weighted by atomic mass is 32.2. The van der Waals surface area contributed by atoms with E-state index < -0.39 is 0 Å². The molecular formula is C94H105N9O11S4. The summed E-state index contributed by atoms with van der Waals surface area (Å²) in [6.07, 6.45) is 25.8. The molecule has 3 unspecified atom stereocenters. The summed E-state index contributed by atoms with van der Waals surface area (Å²) in [5, 5.41) is 3.23. The molecule has 0 bridgehead atoms. The van der Waals surface area contributed by atoms with Crippen molar-refractivity contribution >= 4 is 94.0 Å². The lowest BCUT2D eigenvalue weighted by atomic mass is 9.71. The smallest absolute Gasteiger partial charge is 0.338 e. The molecule has 20 nitrogen and oxygen atoms in total. The van der Waals surface area contributed by atoms with Crippen LogP contribution in [0.25, 0.3) is 17.6 Å². The zero-order chi connectivity index (χ0) is 81.3. The van der Waals surface area contributed by atoms with Gasteiger partial charge in [0.15, 0.2) is 52.8 Å². The van der Waals surface area contributed by atoms with E-state index in [1.165, 1.54) is 76.4 Å². The van der Waals surface area contributed by atoms with Crippen LogP contribution in [0, 0.1) is 5.41 Å². The minimum Gasteiger partial charge on any atom is -0.491 e. The van der Waals surface area contributed by atoms with E-state index in [9.17, 15) is 19.2 Å². The third-order valence-corrected chi connectivity index (χ3v) is 30.7. The lowest BCUT2D eigenvalue weighted by Gasteiger charge is -2.53. The maximum Gasteiger partial charge on any atom is 0.338 e. The predicted octanol–water partition coefficient (Wildman–Crippen LogP) is 18.9. The number of hydrogen-bond acceptors (Lipinski definition) is 22. The van der Waals surface area contributed by atoms with E-state index in [1.54, 1.807) is 50.0 Å². The Labute approximate surface area is 709 Å². The van der Waals surface area contributed by atoms with E-state index in [4.69, 9.17) is 33.2 Å². The Bertz CT molecular complexity index is 5010. The number of esters is 1. The number of methoxy groups -OCH3 is 1. The van der Waals surface area contributed by atoms with Crippen LogP contribution in [0.2, 0.25) is 0 Å². The molecule has 0 radical (unpaired) electrons. The summed E-state index contributed by atoms with van der Waals surface area (Å²) in [6.45, 7) is 13.2. The fraction of sp³-hybridized carbons (Fsp3) is 0.426. The maximum atomic E-state index is 13.2. The SMILES string of the molecule is CC1(C)CC(=O)C2=C(C1)N1CCc3ccccc3C1CC21SCCS1.CC1OC(=O)C2=C1N1CCc3ccccc3C1CC21SCCS1.COc1cnc(-c2ccccn2)nc1NC(C)C.O=C(/C=C/c1ccc2c(c1)OCO2)N(c1ccccn1)C1CCCCC1.O=C(COc1ccc2c(c1)OCO2)N(c1ccccc1)C1CCCCC1. The van der Waals surface area contributed by atoms with Gasteiger partial charge < -0.3 is 53.2 Å². The number of amides is 2. The molecule has 5 aromatic carbocycles. The Kier molecular flexibility index (Phi) is 25.7. The van der Waals surface area contributed by atoms with E-state index in [2.05, 4.69) is 97.4 Å². The number of anilines is 3. The molecule has 20 rings (SSSR count). The van der Waals surface area contributed by atoms with Crippen LogP contribution in [0.3, 0.4) is 0 Å². The van der Waals surface area contributed by atoms with E-state index in [0.717, 1.165) is 129 Å². The Morgan fingerprint density at radius 2 is 1.20 bits per heavy atom. The van der Waals surface area contributed by atoms with Gasteiger partial charge in [-0.3, -0.25) is 24.3 Å². The first-order chi connectivity index (χ1) is 57.5. The fourth-order valence-electron chi connectivity index (χ4n) is 18.5. The molecule has 12 aliphatic rings. The van der Waals surface area contributed by atoms with E-state index >= 15 is 0 Å². The van der Waals surface area contributed by atoms with Gasteiger partial charge in [0, 0.05) is 115 Å². The average Bonchev–Trinajstić information content (AvgIpc) is 1.35. The Balaban J connectivity index is 0.000000111. The number of ketones is 1. The van der Waals surface area contributed by atoms with Crippen LogP contribution in [0.4, 0.5) is 17.3 Å². The number of allylic oxidation sites excluding steroid dienone is 1. The van der Waals surface area contributed by atoms with Crippen LogP contribution < -0.4 is 43.5 Å². The first-order valence-electron chi connectivity index (χ1n) is 41.8. The first-order valence-corrected chi connectivity index (χ1v) is 45.7. The van der Waals surface area contributed by atoms with Crippen molar-refractivity contribution in [3.63, 3.8) is 0 Å². The summed E-state index contributed by atoms with van der Waals surface area (Å²) >= 11 is 8.00. The predicted molar refractivity (Wildman–Crippen MR) is 471 cm³/mol. The number of Topliss-reactive ketones (excluding diaryl/α,β-unsaturated/α-hetero) is 1. The van der Waals surface area contributed by atoms with Crippen molar-refractivity contribution in [2.75, 3.05) is 78.5 Å². The summed E-state index contributed by atoms with van der Waals surface area (Å²) in [6, 6.07) is 51.6. The number of aromatic nitrogens is 4. The number of nitrogens with one attached hydrogen (secondary N) is 1. The van der Waals surface area contributed by atoms with Crippen molar-refractivity contribution in [3.8, 4) is 46.0 Å². The number of rotatable bonds is 13. The molecule has 8 aromatic rings. The van der Waals surface area contributed by atoms with Gasteiger partial charge in [0.2, 0.25) is 13.6 Å². The summed E-state index contributed by atoms with van der Waals surface area (Å²) < 4.78 is 37.9. The van der Waals surface area contributed by atoms with Crippen LogP contribution in [0.5, 0.6) is 34.5 Å². The number of carbonyl (C=O) groups is 4. The second-order valence-electron chi connectivity index (χ2n) is 32.6. The number of thioether (sulfide) groups is 4. The normalized spacial score (nSPS) is 21.2. The van der Waals surface area contributed by atoms with E-state index in [1.807, 2.05) is 169 Å². The number of benzene rings is 5. The van der Waals surface area contributed by atoms with Gasteiger partial charge in [0.25, 0.3) is 11.8 Å². The van der Waals surface area contributed by atoms with Crippen LogP contribution in [0.1, 0.15) is 164 Å². The molecule has 118 heavy (non-hydrogen) atoms. The minimum atomic E-state index is -0.107. The van der Waals surface area contributed by atoms with Gasteiger partial charge in [0.1, 0.15) is 23.4 Å². The van der Waals surface area contributed by atoms with Crippen LogP contribution in [-0.4, -0.2) is 149 Å². The Morgan fingerprint density at radius 3 is 1.83 bits per heavy atom. The quantitative estimate of drug-likeness (QED) is 0.0840. The monoisotopic (exact) mass is 1660 g/mol. The number of para-hydroxylation sites is 1. The molecule has 3 aromatic heterocycles. The number of hydrogen-bond donors (Lipinski definition) is 1. The average molecular weight is 1670 g/mol. The number of fused-ring (bicyclic) bond motifs is 12. The lowest BCUT2D eigenvalue weighted by molar-refractivity contribution is -0.139. The van der Waals surface area contributed by atoms with Crippen molar-refractivity contribution in [2.24, 2.45) is 5.41 Å². The molecule has 2 saturated heterocycles. The Hall–Kier alpha value is -9.62. The maximum absolute atomic E-state index is 13.2.